The fraction of sp³-hybridized carbons (Fsp3) is 0.0800. The minimum atomic E-state index is -0.341. The lowest BCUT2D eigenvalue weighted by atomic mass is 10.1. The molecule has 32 heavy (non-hydrogen) atoms. The molecule has 0 saturated carbocycles. The third-order valence-corrected chi connectivity index (χ3v) is 4.82. The number of amides is 1. The van der Waals surface area contributed by atoms with Gasteiger partial charge in [-0.15, -0.1) is 0 Å². The molecular weight excluding hydrogens is 427 g/mol. The molecule has 162 valence electrons. The monoisotopic (exact) mass is 448 g/mol. The van der Waals surface area contributed by atoms with Crippen molar-refractivity contribution in [1.82, 2.24) is 5.32 Å². The van der Waals surface area contributed by atoms with Crippen LogP contribution in [0.5, 0.6) is 0 Å². The average Bonchev–Trinajstić information content (AvgIpc) is 2.82. The molecule has 0 aliphatic rings. The van der Waals surface area contributed by atoms with Crippen LogP contribution in [0, 0.1) is 5.82 Å². The number of anilines is 1. The van der Waals surface area contributed by atoms with Crippen LogP contribution in [0.2, 0.25) is 5.02 Å². The number of hydrogen-bond donors (Lipinski definition) is 2. The molecule has 0 unspecified atom stereocenters. The number of hydrogen-bond acceptors (Lipinski definition) is 4. The van der Waals surface area contributed by atoms with Crippen LogP contribution in [0.3, 0.4) is 0 Å². The summed E-state index contributed by atoms with van der Waals surface area (Å²) in [4.78, 5) is 20.6. The van der Waals surface area contributed by atoms with Gasteiger partial charge in [0.2, 0.25) is 0 Å². The smallest absolute Gasteiger partial charge is 0.251 e. The van der Waals surface area contributed by atoms with E-state index in [9.17, 15) is 9.18 Å². The van der Waals surface area contributed by atoms with Gasteiger partial charge >= 0.3 is 0 Å². The van der Waals surface area contributed by atoms with E-state index in [1.54, 1.807) is 66.9 Å². The fourth-order valence-corrected chi connectivity index (χ4v) is 2.96. The number of carbonyl (C=O) groups is 1. The summed E-state index contributed by atoms with van der Waals surface area (Å²) in [6.07, 6.45) is 3.41. The van der Waals surface area contributed by atoms with Crippen molar-refractivity contribution in [1.29, 1.82) is 0 Å². The molecule has 0 fully saturated rings. The summed E-state index contributed by atoms with van der Waals surface area (Å²) in [7, 11) is 0. The predicted molar refractivity (Wildman–Crippen MR) is 130 cm³/mol. The highest BCUT2D eigenvalue weighted by Crippen LogP contribution is 2.17. The Hall–Kier alpha value is -3.77. The lowest BCUT2D eigenvalue weighted by molar-refractivity contribution is 0.0950. The van der Waals surface area contributed by atoms with Gasteiger partial charge in [-0.25, -0.2) is 4.39 Å². The van der Waals surface area contributed by atoms with Crippen LogP contribution >= 0.6 is 11.6 Å². The van der Waals surface area contributed by atoms with Gasteiger partial charge in [0.1, 0.15) is 12.5 Å². The van der Waals surface area contributed by atoms with Crippen molar-refractivity contribution >= 4 is 41.8 Å². The molecule has 0 heterocycles. The number of rotatable bonds is 9. The fourth-order valence-electron chi connectivity index (χ4n) is 2.83. The zero-order valence-electron chi connectivity index (χ0n) is 17.3. The van der Waals surface area contributed by atoms with Crippen LogP contribution in [-0.2, 0) is 6.54 Å². The molecule has 7 heteroatoms. The van der Waals surface area contributed by atoms with E-state index in [0.717, 1.165) is 11.3 Å². The van der Waals surface area contributed by atoms with Crippen LogP contribution in [0.25, 0.3) is 5.70 Å². The van der Waals surface area contributed by atoms with E-state index in [-0.39, 0.29) is 18.3 Å². The lowest BCUT2D eigenvalue weighted by Gasteiger charge is -2.08. The SMILES string of the molecule is C=N/C(=C\C=N/CNc1ccc(C(=O)NCc2ccccc2F)cc1)c1ccc(Cl)cc1. The highest BCUT2D eigenvalue weighted by atomic mass is 35.5. The van der Waals surface area contributed by atoms with Crippen molar-refractivity contribution in [3.8, 4) is 0 Å². The lowest BCUT2D eigenvalue weighted by Crippen LogP contribution is -2.23. The highest BCUT2D eigenvalue weighted by Gasteiger charge is 2.07. The molecule has 0 radical (unpaired) electrons. The number of nitrogens with zero attached hydrogens (tertiary/aromatic N) is 2. The number of nitrogens with one attached hydrogen (secondary N) is 2. The van der Waals surface area contributed by atoms with E-state index in [2.05, 4.69) is 27.3 Å². The number of halogens is 2. The topological polar surface area (TPSA) is 65.8 Å². The van der Waals surface area contributed by atoms with Gasteiger partial charge in [-0.3, -0.25) is 14.8 Å². The highest BCUT2D eigenvalue weighted by molar-refractivity contribution is 6.30. The minimum absolute atomic E-state index is 0.130. The zero-order chi connectivity index (χ0) is 22.8. The van der Waals surface area contributed by atoms with E-state index in [1.807, 2.05) is 12.1 Å². The second-order valence-electron chi connectivity index (χ2n) is 6.73. The Balaban J connectivity index is 1.49. The molecule has 0 spiro atoms. The van der Waals surface area contributed by atoms with E-state index in [1.165, 1.54) is 6.07 Å². The van der Waals surface area contributed by atoms with E-state index >= 15 is 0 Å². The summed E-state index contributed by atoms with van der Waals surface area (Å²) in [5.41, 5.74) is 3.33. The van der Waals surface area contributed by atoms with Gasteiger partial charge < -0.3 is 10.6 Å². The number of benzene rings is 3. The summed E-state index contributed by atoms with van der Waals surface area (Å²) in [5, 5.41) is 6.52. The van der Waals surface area contributed by atoms with Crippen LogP contribution in [0.15, 0.2) is 88.9 Å². The number of aliphatic imine (C=N–C) groups is 2. The van der Waals surface area contributed by atoms with Gasteiger partial charge in [0.15, 0.2) is 0 Å². The van der Waals surface area contributed by atoms with Crippen molar-refractivity contribution in [2.75, 3.05) is 12.0 Å². The van der Waals surface area contributed by atoms with Crippen LogP contribution in [0.1, 0.15) is 21.5 Å². The maximum atomic E-state index is 13.6. The third kappa shape index (κ3) is 6.62. The Kier molecular flexibility index (Phi) is 8.29. The first-order valence-corrected chi connectivity index (χ1v) is 10.2. The molecule has 1 amide bonds. The molecule has 0 atom stereocenters. The van der Waals surface area contributed by atoms with E-state index < -0.39 is 0 Å². The first kappa shape index (κ1) is 22.9. The molecule has 3 aromatic carbocycles. The average molecular weight is 449 g/mol. The number of allylic oxidation sites excluding steroid dienone is 1. The molecule has 0 aromatic heterocycles. The Bertz CT molecular complexity index is 1130. The zero-order valence-corrected chi connectivity index (χ0v) is 18.0. The maximum absolute atomic E-state index is 13.6. The Morgan fingerprint density at radius 2 is 1.69 bits per heavy atom. The molecule has 5 nitrogen and oxygen atoms in total. The molecular formula is C25H22ClFN4O. The first-order valence-electron chi connectivity index (χ1n) is 9.85. The summed E-state index contributed by atoms with van der Waals surface area (Å²) >= 11 is 5.90. The van der Waals surface area contributed by atoms with Gasteiger partial charge in [0.05, 0.1) is 5.70 Å². The molecule has 0 aliphatic carbocycles. The number of carbonyl (C=O) groups excluding carboxylic acids is 1. The van der Waals surface area contributed by atoms with E-state index in [0.29, 0.717) is 28.5 Å². The van der Waals surface area contributed by atoms with Crippen LogP contribution in [0.4, 0.5) is 10.1 Å². The molecule has 3 rings (SSSR count). The van der Waals surface area contributed by atoms with Crippen molar-refractivity contribution < 1.29 is 9.18 Å². The summed E-state index contributed by atoms with van der Waals surface area (Å²) in [6, 6.07) is 20.6. The Labute approximate surface area is 191 Å². The van der Waals surface area contributed by atoms with E-state index in [4.69, 9.17) is 11.6 Å². The molecule has 0 bridgehead atoms. The Morgan fingerprint density at radius 3 is 2.38 bits per heavy atom. The van der Waals surface area contributed by atoms with Crippen molar-refractivity contribution in [2.24, 2.45) is 9.98 Å². The summed E-state index contributed by atoms with van der Waals surface area (Å²) < 4.78 is 13.6. The molecule has 2 N–H and O–H groups in total. The van der Waals surface area contributed by atoms with Crippen molar-refractivity contribution in [2.45, 2.75) is 6.54 Å². The minimum Gasteiger partial charge on any atom is -0.366 e. The van der Waals surface area contributed by atoms with Gasteiger partial charge in [-0.1, -0.05) is 41.9 Å². The molecule has 0 saturated heterocycles. The van der Waals surface area contributed by atoms with Gasteiger partial charge in [-0.05, 0) is 55.3 Å². The molecule has 0 aliphatic heterocycles. The van der Waals surface area contributed by atoms with Gasteiger partial charge in [0.25, 0.3) is 5.91 Å². The van der Waals surface area contributed by atoms with Gasteiger partial charge in [-0.2, -0.15) is 0 Å². The summed E-state index contributed by atoms with van der Waals surface area (Å²) in [5.74, 6) is -0.610. The molecule has 3 aromatic rings. The second kappa shape index (κ2) is 11.6. The largest absolute Gasteiger partial charge is 0.366 e. The quantitative estimate of drug-likeness (QED) is 0.419. The van der Waals surface area contributed by atoms with Crippen LogP contribution < -0.4 is 10.6 Å². The predicted octanol–water partition coefficient (Wildman–Crippen LogP) is 5.59. The van der Waals surface area contributed by atoms with Crippen LogP contribution in [-0.4, -0.2) is 25.5 Å². The van der Waals surface area contributed by atoms with Crippen molar-refractivity contribution in [3.63, 3.8) is 0 Å². The summed E-state index contributed by atoms with van der Waals surface area (Å²) in [6.45, 7) is 4.06. The normalized spacial score (nSPS) is 11.4. The maximum Gasteiger partial charge on any atom is 0.251 e. The Morgan fingerprint density at radius 1 is 1.00 bits per heavy atom. The van der Waals surface area contributed by atoms with Crippen molar-refractivity contribution in [3.05, 3.63) is 106 Å². The third-order valence-electron chi connectivity index (χ3n) is 4.57. The standard InChI is InChI=1S/C25H22ClFN4O/c1-28-24(18-6-10-21(26)11-7-18)14-15-29-17-31-22-12-8-19(9-13-22)25(32)30-16-20-4-2-3-5-23(20)27/h2-15,31H,1,16-17H2,(H,30,32)/b24-14-,29-15-. The first-order chi connectivity index (χ1) is 15.6. The van der Waals surface area contributed by atoms with Gasteiger partial charge in [0, 0.05) is 40.2 Å². The second-order valence-corrected chi connectivity index (χ2v) is 7.17.